The Morgan fingerprint density at radius 1 is 0.963 bits per heavy atom. The van der Waals surface area contributed by atoms with Crippen molar-refractivity contribution in [2.75, 3.05) is 31.1 Å². The highest BCUT2D eigenvalue weighted by atomic mass is 35.5. The van der Waals surface area contributed by atoms with Gasteiger partial charge in [-0.15, -0.1) is 24.8 Å². The summed E-state index contributed by atoms with van der Waals surface area (Å²) in [6, 6.07) is 12.5. The van der Waals surface area contributed by atoms with Crippen LogP contribution in [0.25, 0.3) is 10.9 Å². The Bertz CT molecular complexity index is 1030. The number of aromatic nitrogens is 1. The zero-order chi connectivity index (χ0) is 17.4. The summed E-state index contributed by atoms with van der Waals surface area (Å²) in [5.41, 5.74) is 1.62. The van der Waals surface area contributed by atoms with Gasteiger partial charge in [0.05, 0.1) is 10.4 Å². The number of hydrogen-bond donors (Lipinski definition) is 1. The van der Waals surface area contributed by atoms with E-state index in [1.807, 2.05) is 18.2 Å². The molecule has 0 spiro atoms. The molecule has 0 amide bonds. The van der Waals surface area contributed by atoms with Crippen molar-refractivity contribution in [2.45, 2.75) is 4.90 Å². The van der Waals surface area contributed by atoms with E-state index in [0.29, 0.717) is 5.52 Å². The van der Waals surface area contributed by atoms with Crippen LogP contribution in [0, 0.1) is 5.82 Å². The number of benzene rings is 2. The first-order chi connectivity index (χ1) is 12.1. The van der Waals surface area contributed by atoms with E-state index in [9.17, 15) is 12.8 Å². The van der Waals surface area contributed by atoms with Crippen molar-refractivity contribution in [1.29, 1.82) is 0 Å². The molecule has 4 rings (SSSR count). The minimum atomic E-state index is -3.85. The molecule has 1 aliphatic heterocycles. The number of halogens is 3. The number of nitrogens with one attached hydrogen (secondary N) is 1. The summed E-state index contributed by atoms with van der Waals surface area (Å²) in [4.78, 5) is 2.19. The highest BCUT2D eigenvalue weighted by Gasteiger charge is 2.21. The topological polar surface area (TPSA) is 54.3 Å². The number of nitrogens with zero attached hydrogens (tertiary/aromatic N) is 2. The van der Waals surface area contributed by atoms with E-state index in [4.69, 9.17) is 0 Å². The zero-order valence-electron chi connectivity index (χ0n) is 14.3. The molecule has 1 fully saturated rings. The fourth-order valence-electron chi connectivity index (χ4n) is 3.26. The molecular formula is C18H20Cl2FN3O2S. The lowest BCUT2D eigenvalue weighted by Crippen LogP contribution is -2.43. The molecule has 9 heteroatoms. The van der Waals surface area contributed by atoms with E-state index in [1.165, 1.54) is 28.4 Å². The minimum Gasteiger partial charge on any atom is -0.368 e. The average Bonchev–Trinajstić information content (AvgIpc) is 3.07. The first-order valence-electron chi connectivity index (χ1n) is 8.14. The third-order valence-electron chi connectivity index (χ3n) is 4.48. The van der Waals surface area contributed by atoms with Crippen LogP contribution in [0.1, 0.15) is 0 Å². The molecule has 146 valence electrons. The fraction of sp³-hybridized carbons (Fsp3) is 0.222. The van der Waals surface area contributed by atoms with Crippen molar-refractivity contribution in [3.8, 4) is 0 Å². The Hall–Kier alpha value is -1.80. The van der Waals surface area contributed by atoms with Crippen LogP contribution in [0.5, 0.6) is 0 Å². The van der Waals surface area contributed by atoms with Gasteiger partial charge < -0.3 is 10.2 Å². The van der Waals surface area contributed by atoms with Gasteiger partial charge in [0.15, 0.2) is 0 Å². The third kappa shape index (κ3) is 3.91. The molecule has 0 aliphatic carbocycles. The Kier molecular flexibility index (Phi) is 6.75. The second kappa shape index (κ2) is 8.48. The number of anilines is 1. The molecule has 5 nitrogen and oxygen atoms in total. The molecule has 0 unspecified atom stereocenters. The van der Waals surface area contributed by atoms with Gasteiger partial charge >= 0.3 is 0 Å². The summed E-state index contributed by atoms with van der Waals surface area (Å²) in [6.07, 6.45) is 1.54. The van der Waals surface area contributed by atoms with Crippen LogP contribution >= 0.6 is 24.8 Å². The lowest BCUT2D eigenvalue weighted by molar-refractivity contribution is 0.584. The number of fused-ring (bicyclic) bond motifs is 1. The SMILES string of the molecule is Cl.Cl.O=S(=O)(c1cccc(F)c1)n1ccc2c(N3CCNCC3)cccc21. The summed E-state index contributed by atoms with van der Waals surface area (Å²) in [5.74, 6) is -0.570. The van der Waals surface area contributed by atoms with E-state index >= 15 is 0 Å². The highest BCUT2D eigenvalue weighted by molar-refractivity contribution is 7.90. The lowest BCUT2D eigenvalue weighted by Gasteiger charge is -2.30. The van der Waals surface area contributed by atoms with Crippen molar-refractivity contribution < 1.29 is 12.8 Å². The first kappa shape index (κ1) is 21.5. The Morgan fingerprint density at radius 2 is 1.67 bits per heavy atom. The number of hydrogen-bond acceptors (Lipinski definition) is 4. The average molecular weight is 432 g/mol. The molecule has 1 N–H and O–H groups in total. The van der Waals surface area contributed by atoms with Crippen LogP contribution in [0.15, 0.2) is 59.6 Å². The second-order valence-electron chi connectivity index (χ2n) is 6.02. The summed E-state index contributed by atoms with van der Waals surface area (Å²) >= 11 is 0. The maximum Gasteiger partial charge on any atom is 0.268 e. The first-order valence-corrected chi connectivity index (χ1v) is 9.58. The van der Waals surface area contributed by atoms with Crippen LogP contribution in [0.4, 0.5) is 10.1 Å². The third-order valence-corrected chi connectivity index (χ3v) is 6.17. The maximum atomic E-state index is 13.5. The quantitative estimate of drug-likeness (QED) is 0.691. The molecular weight excluding hydrogens is 412 g/mol. The van der Waals surface area contributed by atoms with Crippen LogP contribution in [0.3, 0.4) is 0 Å². The van der Waals surface area contributed by atoms with Crippen molar-refractivity contribution in [3.63, 3.8) is 0 Å². The summed E-state index contributed by atoms with van der Waals surface area (Å²) < 4.78 is 40.5. The van der Waals surface area contributed by atoms with Crippen LogP contribution in [-0.4, -0.2) is 38.6 Å². The summed E-state index contributed by atoms with van der Waals surface area (Å²) in [7, 11) is -3.85. The summed E-state index contributed by atoms with van der Waals surface area (Å²) in [5, 5.41) is 4.19. The van der Waals surface area contributed by atoms with Gasteiger partial charge in [-0.2, -0.15) is 0 Å². The molecule has 0 radical (unpaired) electrons. The van der Waals surface area contributed by atoms with Gasteiger partial charge in [-0.05, 0) is 36.4 Å². The largest absolute Gasteiger partial charge is 0.368 e. The second-order valence-corrected chi connectivity index (χ2v) is 7.84. The molecule has 1 aliphatic rings. The molecule has 3 aromatic rings. The molecule has 0 atom stereocenters. The Balaban J connectivity index is 0.00000131. The molecule has 1 aromatic heterocycles. The van der Waals surface area contributed by atoms with Crippen LogP contribution in [0.2, 0.25) is 0 Å². The molecule has 2 heterocycles. The minimum absolute atomic E-state index is 0. The van der Waals surface area contributed by atoms with Gasteiger partial charge in [-0.1, -0.05) is 12.1 Å². The van der Waals surface area contributed by atoms with Crippen molar-refractivity contribution in [2.24, 2.45) is 0 Å². The predicted molar refractivity (Wildman–Crippen MR) is 111 cm³/mol. The Morgan fingerprint density at radius 3 is 2.37 bits per heavy atom. The van der Waals surface area contributed by atoms with Gasteiger partial charge in [0.25, 0.3) is 10.0 Å². The van der Waals surface area contributed by atoms with Gasteiger partial charge in [0.1, 0.15) is 5.82 Å². The van der Waals surface area contributed by atoms with E-state index in [1.54, 1.807) is 6.07 Å². The fourth-order valence-corrected chi connectivity index (χ4v) is 4.64. The highest BCUT2D eigenvalue weighted by Crippen LogP contribution is 2.30. The molecule has 2 aromatic carbocycles. The smallest absolute Gasteiger partial charge is 0.268 e. The van der Waals surface area contributed by atoms with Crippen molar-refractivity contribution in [1.82, 2.24) is 9.29 Å². The van der Waals surface area contributed by atoms with Crippen LogP contribution < -0.4 is 10.2 Å². The molecule has 0 bridgehead atoms. The van der Waals surface area contributed by atoms with Crippen LogP contribution in [-0.2, 0) is 10.0 Å². The zero-order valence-corrected chi connectivity index (χ0v) is 16.8. The Labute approximate surface area is 170 Å². The molecule has 0 saturated carbocycles. The van der Waals surface area contributed by atoms with E-state index < -0.39 is 15.8 Å². The number of rotatable bonds is 3. The summed E-state index contributed by atoms with van der Waals surface area (Å²) in [6.45, 7) is 3.55. The van der Waals surface area contributed by atoms with E-state index in [-0.39, 0.29) is 29.7 Å². The normalized spacial score (nSPS) is 14.5. The van der Waals surface area contributed by atoms with Crippen molar-refractivity contribution in [3.05, 3.63) is 60.5 Å². The molecule has 27 heavy (non-hydrogen) atoms. The van der Waals surface area contributed by atoms with E-state index in [2.05, 4.69) is 10.2 Å². The van der Waals surface area contributed by atoms with Gasteiger partial charge in [0.2, 0.25) is 0 Å². The monoisotopic (exact) mass is 431 g/mol. The predicted octanol–water partition coefficient (Wildman–Crippen LogP) is 3.27. The molecule has 1 saturated heterocycles. The van der Waals surface area contributed by atoms with Crippen molar-refractivity contribution >= 4 is 51.4 Å². The van der Waals surface area contributed by atoms with Gasteiger partial charge in [-0.25, -0.2) is 16.8 Å². The number of piperazine rings is 1. The van der Waals surface area contributed by atoms with E-state index in [0.717, 1.165) is 43.3 Å². The maximum absolute atomic E-state index is 13.5. The standard InChI is InChI=1S/C18H18FN3O2S.2ClH/c19-14-3-1-4-15(13-14)25(23,24)22-10-7-16-17(5-2-6-18(16)22)21-11-8-20-9-12-21;;/h1-7,10,13,20H,8-9,11-12H2;2*1H. The van der Waals surface area contributed by atoms with Gasteiger partial charge in [0, 0.05) is 43.4 Å². The van der Waals surface area contributed by atoms with Gasteiger partial charge in [-0.3, -0.25) is 0 Å². The lowest BCUT2D eigenvalue weighted by atomic mass is 10.2.